The average Bonchev–Trinajstić information content (AvgIpc) is 2.37. The van der Waals surface area contributed by atoms with E-state index in [2.05, 4.69) is 27.7 Å². The van der Waals surface area contributed by atoms with Gasteiger partial charge in [0.1, 0.15) is 0 Å². The van der Waals surface area contributed by atoms with E-state index in [0.29, 0.717) is 6.42 Å². The molecule has 1 rings (SSSR count). The van der Waals surface area contributed by atoms with Crippen molar-refractivity contribution in [2.45, 2.75) is 24.7 Å². The van der Waals surface area contributed by atoms with Crippen LogP contribution in [0.15, 0.2) is 41.8 Å². The van der Waals surface area contributed by atoms with Gasteiger partial charge in [-0.25, -0.2) is 0 Å². The fourth-order valence-corrected chi connectivity index (χ4v) is 2.02. The van der Waals surface area contributed by atoms with E-state index >= 15 is 0 Å². The summed E-state index contributed by atoms with van der Waals surface area (Å²) >= 11 is 0. The van der Waals surface area contributed by atoms with Crippen LogP contribution in [0.2, 0.25) is 0 Å². The predicted octanol–water partition coefficient (Wildman–Crippen LogP) is 2.47. The van der Waals surface area contributed by atoms with E-state index in [4.69, 9.17) is 4.55 Å². The zero-order valence-electron chi connectivity index (χ0n) is 13.7. The van der Waals surface area contributed by atoms with Gasteiger partial charge in [0, 0.05) is 12.8 Å². The third-order valence-corrected chi connectivity index (χ3v) is 3.67. The van der Waals surface area contributed by atoms with E-state index in [-0.39, 0.29) is 10.7 Å². The molecular weight excluding hydrogens is 302 g/mol. The molecule has 0 bridgehead atoms. The molecule has 1 N–H and O–H groups in total. The second-order valence-electron chi connectivity index (χ2n) is 6.08. The third kappa shape index (κ3) is 10.3. The number of carbonyl (C=O) groups is 1. The molecule has 1 aromatic rings. The van der Waals surface area contributed by atoms with Crippen LogP contribution in [0.1, 0.15) is 18.4 Å². The van der Waals surface area contributed by atoms with Crippen molar-refractivity contribution < 1.29 is 22.2 Å². The molecule has 6 heteroatoms. The summed E-state index contributed by atoms with van der Waals surface area (Å²) in [6.45, 7) is 6.30. The Morgan fingerprint density at radius 1 is 1.23 bits per heavy atom. The maximum atomic E-state index is 10.8. The number of allylic oxidation sites excluding steroid dienone is 1. The summed E-state index contributed by atoms with van der Waals surface area (Å²) in [7, 11) is 2.35. The topological polar surface area (TPSA) is 71.4 Å². The number of nitrogens with zero attached hydrogens (tertiary/aromatic N) is 1. The average molecular weight is 328 g/mol. The molecule has 0 fully saturated rings. The van der Waals surface area contributed by atoms with Gasteiger partial charge in [-0.15, -0.1) is 0 Å². The number of aryl methyl sites for hydroxylation is 1. The SMILES string of the molecule is C=CC(=O)CCC[N+](C)(C)C.Cc1ccc(S(=O)(=O)O)cc1. The van der Waals surface area contributed by atoms with Crippen molar-refractivity contribution in [1.82, 2.24) is 0 Å². The molecule has 0 atom stereocenters. The van der Waals surface area contributed by atoms with Gasteiger partial charge in [0.25, 0.3) is 10.1 Å². The summed E-state index contributed by atoms with van der Waals surface area (Å²) in [5.74, 6) is 0.151. The molecule has 22 heavy (non-hydrogen) atoms. The first-order valence-electron chi connectivity index (χ1n) is 6.95. The second kappa shape index (κ2) is 8.82. The highest BCUT2D eigenvalue weighted by molar-refractivity contribution is 7.85. The molecule has 0 aliphatic carbocycles. The molecule has 0 aliphatic heterocycles. The number of hydrogen-bond donors (Lipinski definition) is 1. The summed E-state index contributed by atoms with van der Waals surface area (Å²) in [6, 6.07) is 5.99. The molecule has 0 aromatic heterocycles. The molecule has 0 spiro atoms. The molecule has 0 radical (unpaired) electrons. The molecule has 0 aliphatic rings. The zero-order chi connectivity index (χ0) is 17.4. The van der Waals surface area contributed by atoms with Gasteiger partial charge in [-0.1, -0.05) is 24.3 Å². The van der Waals surface area contributed by atoms with Gasteiger partial charge in [-0.05, 0) is 25.1 Å². The Hall–Kier alpha value is -1.50. The molecule has 124 valence electrons. The van der Waals surface area contributed by atoms with Crippen LogP contribution in [0.25, 0.3) is 0 Å². The Kier molecular flexibility index (Phi) is 8.22. The van der Waals surface area contributed by atoms with Crippen LogP contribution in [0.3, 0.4) is 0 Å². The Morgan fingerprint density at radius 3 is 2.09 bits per heavy atom. The number of ketones is 1. The number of carbonyl (C=O) groups excluding carboxylic acids is 1. The molecule has 0 heterocycles. The minimum atomic E-state index is -4.02. The Labute approximate surface area is 133 Å². The van der Waals surface area contributed by atoms with Crippen molar-refractivity contribution >= 4 is 15.9 Å². The number of hydrogen-bond acceptors (Lipinski definition) is 3. The van der Waals surface area contributed by atoms with Gasteiger partial charge >= 0.3 is 0 Å². The number of quaternary nitrogens is 1. The molecular formula is C16H26NO4S+. The normalized spacial score (nSPS) is 11.3. The van der Waals surface area contributed by atoms with Crippen LogP contribution in [-0.2, 0) is 14.9 Å². The summed E-state index contributed by atoms with van der Waals surface area (Å²) in [6.07, 6.45) is 2.99. The van der Waals surface area contributed by atoms with Gasteiger partial charge < -0.3 is 4.48 Å². The largest absolute Gasteiger partial charge is 0.331 e. The first-order valence-corrected chi connectivity index (χ1v) is 8.39. The van der Waals surface area contributed by atoms with Gasteiger partial charge in [-0.3, -0.25) is 9.35 Å². The van der Waals surface area contributed by atoms with Crippen LogP contribution >= 0.6 is 0 Å². The van der Waals surface area contributed by atoms with Crippen LogP contribution in [0.4, 0.5) is 0 Å². The Balaban J connectivity index is 0.000000401. The van der Waals surface area contributed by atoms with Crippen molar-refractivity contribution in [2.75, 3.05) is 27.7 Å². The molecule has 0 saturated heterocycles. The first kappa shape index (κ1) is 20.5. The highest BCUT2D eigenvalue weighted by Gasteiger charge is 2.07. The molecule has 0 unspecified atom stereocenters. The Bertz CT molecular complexity index is 584. The fraction of sp³-hybridized carbons (Fsp3) is 0.438. The van der Waals surface area contributed by atoms with Crippen molar-refractivity contribution in [3.05, 3.63) is 42.5 Å². The van der Waals surface area contributed by atoms with Crippen molar-refractivity contribution in [2.24, 2.45) is 0 Å². The zero-order valence-corrected chi connectivity index (χ0v) is 14.6. The van der Waals surface area contributed by atoms with Gasteiger partial charge in [0.05, 0.1) is 32.6 Å². The monoisotopic (exact) mass is 328 g/mol. The van der Waals surface area contributed by atoms with E-state index in [0.717, 1.165) is 23.0 Å². The van der Waals surface area contributed by atoms with Crippen LogP contribution in [0, 0.1) is 6.92 Å². The standard InChI is InChI=1S/C9H18NO.C7H8O3S/c1-5-9(11)7-6-8-10(2,3)4;1-6-2-4-7(5-3-6)11(8,9)10/h5H,1,6-8H2,2-4H3;2-5H,1H3,(H,8,9,10)/q+1;. The summed E-state index contributed by atoms with van der Waals surface area (Å²) < 4.78 is 30.5. The molecule has 0 amide bonds. The van der Waals surface area contributed by atoms with E-state index in [1.807, 2.05) is 6.92 Å². The summed E-state index contributed by atoms with van der Waals surface area (Å²) in [5, 5.41) is 0. The molecule has 5 nitrogen and oxygen atoms in total. The fourth-order valence-electron chi connectivity index (χ4n) is 1.54. The maximum absolute atomic E-state index is 10.8. The first-order chi connectivity index (χ1) is 9.95. The Morgan fingerprint density at radius 2 is 1.73 bits per heavy atom. The van der Waals surface area contributed by atoms with Crippen molar-refractivity contribution in [3.8, 4) is 0 Å². The van der Waals surface area contributed by atoms with E-state index in [1.54, 1.807) is 12.1 Å². The smallest absolute Gasteiger partial charge is 0.294 e. The van der Waals surface area contributed by atoms with E-state index in [1.165, 1.54) is 18.2 Å². The third-order valence-electron chi connectivity index (χ3n) is 2.80. The summed E-state index contributed by atoms with van der Waals surface area (Å²) in [4.78, 5) is 10.7. The lowest BCUT2D eigenvalue weighted by molar-refractivity contribution is -0.870. The molecule has 0 saturated carbocycles. The number of rotatable bonds is 6. The quantitative estimate of drug-likeness (QED) is 0.495. The highest BCUT2D eigenvalue weighted by Crippen LogP contribution is 2.08. The molecule has 1 aromatic carbocycles. The minimum Gasteiger partial charge on any atom is -0.331 e. The van der Waals surface area contributed by atoms with Gasteiger partial charge in [0.15, 0.2) is 5.78 Å². The number of benzene rings is 1. The second-order valence-corrected chi connectivity index (χ2v) is 7.50. The highest BCUT2D eigenvalue weighted by atomic mass is 32.2. The maximum Gasteiger partial charge on any atom is 0.294 e. The lowest BCUT2D eigenvalue weighted by atomic mass is 10.2. The van der Waals surface area contributed by atoms with E-state index < -0.39 is 10.1 Å². The summed E-state index contributed by atoms with van der Waals surface area (Å²) in [5.41, 5.74) is 0.956. The van der Waals surface area contributed by atoms with Crippen LogP contribution in [0.5, 0.6) is 0 Å². The van der Waals surface area contributed by atoms with E-state index in [9.17, 15) is 13.2 Å². The lowest BCUT2D eigenvalue weighted by Crippen LogP contribution is -2.35. The lowest BCUT2D eigenvalue weighted by Gasteiger charge is -2.23. The van der Waals surface area contributed by atoms with Crippen molar-refractivity contribution in [1.29, 1.82) is 0 Å². The van der Waals surface area contributed by atoms with Crippen LogP contribution in [-0.4, -0.2) is 50.9 Å². The minimum absolute atomic E-state index is 0.0666. The van der Waals surface area contributed by atoms with Gasteiger partial charge in [-0.2, -0.15) is 8.42 Å². The van der Waals surface area contributed by atoms with Gasteiger partial charge in [0.2, 0.25) is 0 Å². The van der Waals surface area contributed by atoms with Crippen molar-refractivity contribution in [3.63, 3.8) is 0 Å². The van der Waals surface area contributed by atoms with Crippen LogP contribution < -0.4 is 0 Å². The predicted molar refractivity (Wildman–Crippen MR) is 88.3 cm³/mol.